The van der Waals surface area contributed by atoms with Gasteiger partial charge in [-0.3, -0.25) is 0 Å². The normalized spacial score (nSPS) is 34.8. The van der Waals surface area contributed by atoms with Gasteiger partial charge in [0.05, 0.1) is 5.75 Å². The first kappa shape index (κ1) is 12.4. The first-order valence-corrected chi connectivity index (χ1v) is 8.30. The van der Waals surface area contributed by atoms with Gasteiger partial charge in [-0.2, -0.15) is 0 Å². The van der Waals surface area contributed by atoms with Gasteiger partial charge in [0.1, 0.15) is 9.84 Å². The molecule has 4 heteroatoms. The molecule has 0 spiro atoms. The maximum Gasteiger partial charge on any atom is 0.150 e. The molecule has 0 saturated heterocycles. The summed E-state index contributed by atoms with van der Waals surface area (Å²) in [6, 6.07) is 0.236. The average molecular weight is 245 g/mol. The van der Waals surface area contributed by atoms with E-state index in [0.717, 1.165) is 24.7 Å². The van der Waals surface area contributed by atoms with Crippen LogP contribution in [0, 0.1) is 17.8 Å². The quantitative estimate of drug-likeness (QED) is 0.773. The molecule has 0 aromatic carbocycles. The van der Waals surface area contributed by atoms with E-state index < -0.39 is 9.84 Å². The largest absolute Gasteiger partial charge is 0.327 e. The van der Waals surface area contributed by atoms with Crippen molar-refractivity contribution in [2.45, 2.75) is 45.1 Å². The molecular weight excluding hydrogens is 222 g/mol. The SMILES string of the molecule is CCS(=O)(=O)CCCC(N)C1CC2CC2C1. The van der Waals surface area contributed by atoms with Crippen LogP contribution in [0.1, 0.15) is 39.0 Å². The number of nitrogens with two attached hydrogens (primary N) is 1. The van der Waals surface area contributed by atoms with Crippen molar-refractivity contribution in [3.63, 3.8) is 0 Å². The summed E-state index contributed by atoms with van der Waals surface area (Å²) >= 11 is 0. The fourth-order valence-electron chi connectivity index (χ4n) is 3.03. The van der Waals surface area contributed by atoms with E-state index in [1.165, 1.54) is 19.3 Å². The van der Waals surface area contributed by atoms with Gasteiger partial charge in [0.15, 0.2) is 0 Å². The highest BCUT2D eigenvalue weighted by atomic mass is 32.2. The molecule has 2 saturated carbocycles. The van der Waals surface area contributed by atoms with Crippen LogP contribution in [-0.2, 0) is 9.84 Å². The maximum atomic E-state index is 11.3. The van der Waals surface area contributed by atoms with Gasteiger partial charge in [-0.15, -0.1) is 0 Å². The fraction of sp³-hybridized carbons (Fsp3) is 1.00. The molecule has 2 rings (SSSR count). The van der Waals surface area contributed by atoms with Crippen molar-refractivity contribution < 1.29 is 8.42 Å². The monoisotopic (exact) mass is 245 g/mol. The van der Waals surface area contributed by atoms with Crippen LogP contribution < -0.4 is 5.73 Å². The van der Waals surface area contributed by atoms with Crippen molar-refractivity contribution in [1.82, 2.24) is 0 Å². The summed E-state index contributed by atoms with van der Waals surface area (Å²) in [7, 11) is -2.80. The molecule has 0 bridgehead atoms. The second-order valence-electron chi connectivity index (χ2n) is 5.53. The van der Waals surface area contributed by atoms with E-state index in [4.69, 9.17) is 5.73 Å². The summed E-state index contributed by atoms with van der Waals surface area (Å²) < 4.78 is 22.6. The Bertz CT molecular complexity index is 329. The molecule has 0 radical (unpaired) electrons. The third kappa shape index (κ3) is 2.98. The van der Waals surface area contributed by atoms with Crippen molar-refractivity contribution in [1.29, 1.82) is 0 Å². The Kier molecular flexibility index (Phi) is 3.59. The molecule has 2 fully saturated rings. The van der Waals surface area contributed by atoms with Crippen molar-refractivity contribution in [2.24, 2.45) is 23.5 Å². The van der Waals surface area contributed by atoms with Gasteiger partial charge in [0, 0.05) is 11.8 Å². The summed E-state index contributed by atoms with van der Waals surface area (Å²) in [4.78, 5) is 0. The van der Waals surface area contributed by atoms with E-state index in [1.807, 2.05) is 0 Å². The highest BCUT2D eigenvalue weighted by Crippen LogP contribution is 2.55. The number of rotatable bonds is 6. The highest BCUT2D eigenvalue weighted by Gasteiger charge is 2.46. The first-order chi connectivity index (χ1) is 7.52. The van der Waals surface area contributed by atoms with E-state index in [9.17, 15) is 8.42 Å². The minimum absolute atomic E-state index is 0.236. The van der Waals surface area contributed by atoms with Gasteiger partial charge in [-0.1, -0.05) is 6.92 Å². The molecule has 3 unspecified atom stereocenters. The van der Waals surface area contributed by atoms with Crippen LogP contribution in [0.4, 0.5) is 0 Å². The van der Waals surface area contributed by atoms with Crippen LogP contribution in [0.5, 0.6) is 0 Å². The lowest BCUT2D eigenvalue weighted by Gasteiger charge is -2.20. The lowest BCUT2D eigenvalue weighted by atomic mass is 9.92. The molecule has 16 heavy (non-hydrogen) atoms. The minimum Gasteiger partial charge on any atom is -0.327 e. The van der Waals surface area contributed by atoms with Gasteiger partial charge >= 0.3 is 0 Å². The molecular formula is C12H23NO2S. The highest BCUT2D eigenvalue weighted by molar-refractivity contribution is 7.91. The third-order valence-corrected chi connectivity index (χ3v) is 6.11. The fourth-order valence-corrected chi connectivity index (χ4v) is 3.93. The molecule has 2 N–H and O–H groups in total. The summed E-state index contributed by atoms with van der Waals surface area (Å²) in [6.45, 7) is 1.71. The third-order valence-electron chi connectivity index (χ3n) is 4.32. The number of fused-ring (bicyclic) bond motifs is 1. The van der Waals surface area contributed by atoms with E-state index in [2.05, 4.69) is 0 Å². The Morgan fingerprint density at radius 2 is 1.88 bits per heavy atom. The van der Waals surface area contributed by atoms with Crippen LogP contribution in [0.2, 0.25) is 0 Å². The first-order valence-electron chi connectivity index (χ1n) is 6.48. The van der Waals surface area contributed by atoms with E-state index in [-0.39, 0.29) is 11.8 Å². The predicted octanol–water partition coefficient (Wildman–Crippen LogP) is 1.57. The Hall–Kier alpha value is -0.0900. The Balaban J connectivity index is 1.66. The second-order valence-corrected chi connectivity index (χ2v) is 8.00. The van der Waals surface area contributed by atoms with Gasteiger partial charge in [0.2, 0.25) is 0 Å². The zero-order valence-electron chi connectivity index (χ0n) is 10.1. The Morgan fingerprint density at radius 1 is 1.25 bits per heavy atom. The molecule has 0 aromatic heterocycles. The van der Waals surface area contributed by atoms with Crippen molar-refractivity contribution in [2.75, 3.05) is 11.5 Å². The van der Waals surface area contributed by atoms with Gasteiger partial charge in [-0.05, 0) is 49.9 Å². The Morgan fingerprint density at radius 3 is 2.44 bits per heavy atom. The zero-order chi connectivity index (χ0) is 11.8. The van der Waals surface area contributed by atoms with Crippen molar-refractivity contribution >= 4 is 9.84 Å². The van der Waals surface area contributed by atoms with E-state index >= 15 is 0 Å². The van der Waals surface area contributed by atoms with Gasteiger partial charge < -0.3 is 5.73 Å². The van der Waals surface area contributed by atoms with Crippen LogP contribution >= 0.6 is 0 Å². The van der Waals surface area contributed by atoms with E-state index in [0.29, 0.717) is 11.7 Å². The molecule has 0 amide bonds. The van der Waals surface area contributed by atoms with Gasteiger partial charge in [-0.25, -0.2) is 8.42 Å². The summed E-state index contributed by atoms with van der Waals surface area (Å²) in [5.41, 5.74) is 6.14. The lowest BCUT2D eigenvalue weighted by Crippen LogP contribution is -2.29. The zero-order valence-corrected chi connectivity index (χ0v) is 10.9. The Labute approximate surface area is 98.7 Å². The van der Waals surface area contributed by atoms with Crippen LogP contribution in [0.15, 0.2) is 0 Å². The summed E-state index contributed by atoms with van der Waals surface area (Å²) in [6.07, 6.45) is 5.64. The van der Waals surface area contributed by atoms with Crippen LogP contribution in [0.25, 0.3) is 0 Å². The summed E-state index contributed by atoms with van der Waals surface area (Å²) in [5.74, 6) is 3.19. The molecule has 3 nitrogen and oxygen atoms in total. The molecule has 2 aliphatic carbocycles. The lowest BCUT2D eigenvalue weighted by molar-refractivity contribution is 0.375. The maximum absolute atomic E-state index is 11.3. The molecule has 2 aliphatic rings. The molecule has 3 atom stereocenters. The molecule has 94 valence electrons. The number of sulfone groups is 1. The van der Waals surface area contributed by atoms with Crippen molar-refractivity contribution in [3.8, 4) is 0 Å². The molecule has 0 aromatic rings. The van der Waals surface area contributed by atoms with Crippen LogP contribution in [0.3, 0.4) is 0 Å². The predicted molar refractivity (Wildman–Crippen MR) is 65.9 cm³/mol. The topological polar surface area (TPSA) is 60.2 Å². The standard InChI is InChI=1S/C12H23NO2S/c1-2-16(14,15)5-3-4-12(13)11-7-9-6-10(9)8-11/h9-12H,2-8,13H2,1H3. The van der Waals surface area contributed by atoms with Crippen LogP contribution in [-0.4, -0.2) is 26.0 Å². The number of hydrogen-bond acceptors (Lipinski definition) is 3. The molecule has 0 aliphatic heterocycles. The second kappa shape index (κ2) is 4.65. The van der Waals surface area contributed by atoms with E-state index in [1.54, 1.807) is 6.92 Å². The smallest absolute Gasteiger partial charge is 0.150 e. The van der Waals surface area contributed by atoms with Crippen molar-refractivity contribution in [3.05, 3.63) is 0 Å². The number of hydrogen-bond donors (Lipinski definition) is 1. The minimum atomic E-state index is -2.80. The van der Waals surface area contributed by atoms with Gasteiger partial charge in [0.25, 0.3) is 0 Å². The molecule has 0 heterocycles. The average Bonchev–Trinajstić information content (AvgIpc) is 2.85. The summed E-state index contributed by atoms with van der Waals surface area (Å²) in [5, 5.41) is 0.